The first-order valence-electron chi connectivity index (χ1n) is 6.88. The topological polar surface area (TPSA) is 40.5 Å². The molecular formula is C15H19F2NO2. The van der Waals surface area contributed by atoms with Gasteiger partial charge in [0.05, 0.1) is 0 Å². The van der Waals surface area contributed by atoms with Crippen LogP contribution in [-0.4, -0.2) is 29.1 Å². The molecule has 1 aliphatic heterocycles. The van der Waals surface area contributed by atoms with Crippen LogP contribution >= 0.6 is 0 Å². The highest BCUT2D eigenvalue weighted by Crippen LogP contribution is 2.28. The van der Waals surface area contributed by atoms with Gasteiger partial charge in [0, 0.05) is 19.0 Å². The van der Waals surface area contributed by atoms with Gasteiger partial charge in [0.25, 0.3) is 0 Å². The van der Waals surface area contributed by atoms with Crippen molar-refractivity contribution in [3.8, 4) is 0 Å². The molecule has 0 spiro atoms. The maximum Gasteiger partial charge on any atom is 0.303 e. The van der Waals surface area contributed by atoms with E-state index >= 15 is 0 Å². The number of hydrogen-bond donors (Lipinski definition) is 1. The number of likely N-dealkylation sites (tertiary alicyclic amines) is 1. The third-order valence-electron chi connectivity index (χ3n) is 3.99. The van der Waals surface area contributed by atoms with Gasteiger partial charge in [0.1, 0.15) is 0 Å². The van der Waals surface area contributed by atoms with Crippen LogP contribution in [0.25, 0.3) is 0 Å². The van der Waals surface area contributed by atoms with Gasteiger partial charge in [-0.15, -0.1) is 0 Å². The molecule has 0 amide bonds. The molecule has 0 radical (unpaired) electrons. The molecule has 110 valence electrons. The minimum atomic E-state index is -0.844. The van der Waals surface area contributed by atoms with E-state index in [4.69, 9.17) is 5.11 Å². The van der Waals surface area contributed by atoms with E-state index in [9.17, 15) is 13.6 Å². The molecule has 2 atom stereocenters. The minimum absolute atomic E-state index is 0.0401. The zero-order valence-electron chi connectivity index (χ0n) is 11.5. The van der Waals surface area contributed by atoms with E-state index in [-0.39, 0.29) is 18.4 Å². The summed E-state index contributed by atoms with van der Waals surface area (Å²) in [4.78, 5) is 12.9. The molecule has 0 saturated carbocycles. The number of piperidine rings is 1. The van der Waals surface area contributed by atoms with Gasteiger partial charge in [0.15, 0.2) is 11.6 Å². The Bertz CT molecular complexity index is 493. The fraction of sp³-hybridized carbons (Fsp3) is 0.533. The normalized spacial score (nSPS) is 21.6. The van der Waals surface area contributed by atoms with Gasteiger partial charge in [-0.2, -0.15) is 0 Å². The summed E-state index contributed by atoms with van der Waals surface area (Å²) in [6, 6.07) is 3.91. The Morgan fingerprint density at radius 3 is 2.85 bits per heavy atom. The van der Waals surface area contributed by atoms with Gasteiger partial charge in [-0.05, 0) is 49.9 Å². The average molecular weight is 283 g/mol. The molecule has 1 N–H and O–H groups in total. The fourth-order valence-electron chi connectivity index (χ4n) is 2.85. The van der Waals surface area contributed by atoms with Gasteiger partial charge in [0.2, 0.25) is 0 Å². The van der Waals surface area contributed by atoms with Crippen LogP contribution in [0.4, 0.5) is 8.78 Å². The zero-order chi connectivity index (χ0) is 14.7. The van der Waals surface area contributed by atoms with Crippen LogP contribution in [-0.2, 0) is 4.79 Å². The first-order chi connectivity index (χ1) is 9.47. The molecular weight excluding hydrogens is 264 g/mol. The van der Waals surface area contributed by atoms with Crippen LogP contribution in [0.2, 0.25) is 0 Å². The van der Waals surface area contributed by atoms with Crippen LogP contribution in [0.1, 0.15) is 37.8 Å². The maximum atomic E-state index is 13.3. The maximum absolute atomic E-state index is 13.3. The number of rotatable bonds is 4. The van der Waals surface area contributed by atoms with Gasteiger partial charge in [-0.3, -0.25) is 9.69 Å². The number of nitrogens with zero attached hydrogens (tertiary/aromatic N) is 1. The van der Waals surface area contributed by atoms with Crippen LogP contribution in [0.15, 0.2) is 18.2 Å². The van der Waals surface area contributed by atoms with Crippen molar-refractivity contribution in [1.82, 2.24) is 4.90 Å². The van der Waals surface area contributed by atoms with E-state index in [1.165, 1.54) is 6.07 Å². The number of benzene rings is 1. The second-order valence-corrected chi connectivity index (χ2v) is 5.45. The SMILES string of the molecule is CC(c1ccc(F)c(F)c1)N1CCCC(CC(=O)O)C1. The van der Waals surface area contributed by atoms with Crippen molar-refractivity contribution in [2.24, 2.45) is 5.92 Å². The van der Waals surface area contributed by atoms with Crippen molar-refractivity contribution in [3.63, 3.8) is 0 Å². The van der Waals surface area contributed by atoms with Crippen LogP contribution < -0.4 is 0 Å². The molecule has 20 heavy (non-hydrogen) atoms. The molecule has 1 aliphatic rings. The van der Waals surface area contributed by atoms with Crippen LogP contribution in [0, 0.1) is 17.6 Å². The van der Waals surface area contributed by atoms with E-state index in [0.717, 1.165) is 31.0 Å². The Hall–Kier alpha value is -1.49. The number of carbonyl (C=O) groups is 1. The number of aliphatic carboxylic acids is 1. The molecule has 2 unspecified atom stereocenters. The quantitative estimate of drug-likeness (QED) is 0.922. The Morgan fingerprint density at radius 1 is 1.45 bits per heavy atom. The lowest BCUT2D eigenvalue weighted by Gasteiger charge is -2.36. The molecule has 3 nitrogen and oxygen atoms in total. The Balaban J connectivity index is 2.05. The molecule has 1 fully saturated rings. The average Bonchev–Trinajstić information content (AvgIpc) is 2.40. The largest absolute Gasteiger partial charge is 0.481 e. The highest BCUT2D eigenvalue weighted by atomic mass is 19.2. The van der Waals surface area contributed by atoms with Gasteiger partial charge in [-0.25, -0.2) is 8.78 Å². The van der Waals surface area contributed by atoms with E-state index in [2.05, 4.69) is 4.90 Å². The summed E-state index contributed by atoms with van der Waals surface area (Å²) in [5.41, 5.74) is 0.722. The summed E-state index contributed by atoms with van der Waals surface area (Å²) in [5, 5.41) is 8.86. The lowest BCUT2D eigenvalue weighted by atomic mass is 9.93. The Morgan fingerprint density at radius 2 is 2.20 bits per heavy atom. The van der Waals surface area contributed by atoms with Crippen molar-refractivity contribution >= 4 is 5.97 Å². The van der Waals surface area contributed by atoms with Crippen LogP contribution in [0.5, 0.6) is 0 Å². The summed E-state index contributed by atoms with van der Waals surface area (Å²) in [7, 11) is 0. The van der Waals surface area contributed by atoms with Crippen molar-refractivity contribution in [1.29, 1.82) is 0 Å². The monoisotopic (exact) mass is 283 g/mol. The first-order valence-corrected chi connectivity index (χ1v) is 6.88. The summed E-state index contributed by atoms with van der Waals surface area (Å²) in [6.07, 6.45) is 2.01. The predicted octanol–water partition coefficient (Wildman–Crippen LogP) is 3.21. The van der Waals surface area contributed by atoms with Crippen molar-refractivity contribution in [2.75, 3.05) is 13.1 Å². The smallest absolute Gasteiger partial charge is 0.303 e. The molecule has 1 aromatic carbocycles. The summed E-state index contributed by atoms with van der Waals surface area (Å²) in [5.74, 6) is -2.33. The molecule has 5 heteroatoms. The highest BCUT2D eigenvalue weighted by molar-refractivity contribution is 5.67. The third-order valence-corrected chi connectivity index (χ3v) is 3.99. The molecule has 0 bridgehead atoms. The third kappa shape index (κ3) is 3.54. The molecule has 0 aliphatic carbocycles. The lowest BCUT2D eigenvalue weighted by molar-refractivity contribution is -0.138. The van der Waals surface area contributed by atoms with Gasteiger partial charge in [-0.1, -0.05) is 6.07 Å². The Kier molecular flexibility index (Phi) is 4.70. The first kappa shape index (κ1) is 14.9. The standard InChI is InChI=1S/C15H19F2NO2/c1-10(12-4-5-13(16)14(17)8-12)18-6-2-3-11(9-18)7-15(19)20/h4-5,8,10-11H,2-3,6-7,9H2,1H3,(H,19,20). The van der Waals surface area contributed by atoms with E-state index in [0.29, 0.717) is 6.54 Å². The summed E-state index contributed by atoms with van der Waals surface area (Å²) < 4.78 is 26.2. The van der Waals surface area contributed by atoms with Crippen molar-refractivity contribution in [2.45, 2.75) is 32.2 Å². The lowest BCUT2D eigenvalue weighted by Crippen LogP contribution is -2.38. The number of hydrogen-bond acceptors (Lipinski definition) is 2. The van der Waals surface area contributed by atoms with E-state index in [1.807, 2.05) is 6.92 Å². The Labute approximate surface area is 117 Å². The number of carboxylic acids is 1. The molecule has 2 rings (SSSR count). The van der Waals surface area contributed by atoms with E-state index in [1.54, 1.807) is 6.07 Å². The van der Waals surface area contributed by atoms with E-state index < -0.39 is 17.6 Å². The van der Waals surface area contributed by atoms with Gasteiger partial charge >= 0.3 is 5.97 Å². The molecule has 1 heterocycles. The second-order valence-electron chi connectivity index (χ2n) is 5.45. The zero-order valence-corrected chi connectivity index (χ0v) is 11.5. The molecule has 1 saturated heterocycles. The fourth-order valence-corrected chi connectivity index (χ4v) is 2.85. The summed E-state index contributed by atoms with van der Waals surface area (Å²) in [6.45, 7) is 3.48. The molecule has 1 aromatic rings. The second kappa shape index (κ2) is 6.31. The van der Waals surface area contributed by atoms with Crippen molar-refractivity contribution < 1.29 is 18.7 Å². The molecule has 0 aromatic heterocycles. The number of carboxylic acid groups (broad SMARTS) is 1. The summed E-state index contributed by atoms with van der Waals surface area (Å²) >= 11 is 0. The highest BCUT2D eigenvalue weighted by Gasteiger charge is 2.26. The predicted molar refractivity (Wildman–Crippen MR) is 71.3 cm³/mol. The number of halogens is 2. The van der Waals surface area contributed by atoms with Gasteiger partial charge < -0.3 is 5.11 Å². The van der Waals surface area contributed by atoms with Crippen LogP contribution in [0.3, 0.4) is 0 Å². The van der Waals surface area contributed by atoms with Crippen molar-refractivity contribution in [3.05, 3.63) is 35.4 Å². The minimum Gasteiger partial charge on any atom is -0.481 e.